The maximum atomic E-state index is 12.3. The van der Waals surface area contributed by atoms with Crippen molar-refractivity contribution in [2.75, 3.05) is 26.2 Å². The summed E-state index contributed by atoms with van der Waals surface area (Å²) in [6.07, 6.45) is 4.21. The molecule has 2 N–H and O–H groups in total. The number of nitrogens with zero attached hydrogens (tertiary/aromatic N) is 1. The number of fused-ring (bicyclic) bond motifs is 4. The van der Waals surface area contributed by atoms with E-state index in [1.165, 1.54) is 17.5 Å². The van der Waals surface area contributed by atoms with E-state index < -0.39 is 0 Å². The van der Waals surface area contributed by atoms with E-state index in [1.807, 2.05) is 4.90 Å². The van der Waals surface area contributed by atoms with Gasteiger partial charge in [0.1, 0.15) is 5.75 Å². The van der Waals surface area contributed by atoms with Gasteiger partial charge in [-0.2, -0.15) is 0 Å². The van der Waals surface area contributed by atoms with Crippen LogP contribution in [0.3, 0.4) is 0 Å². The van der Waals surface area contributed by atoms with Crippen molar-refractivity contribution >= 4 is 6.03 Å². The number of hydrogen-bond donors (Lipinski definition) is 2. The largest absolute Gasteiger partial charge is 0.493 e. The van der Waals surface area contributed by atoms with Gasteiger partial charge < -0.3 is 20.3 Å². The third-order valence-corrected chi connectivity index (χ3v) is 5.05. The summed E-state index contributed by atoms with van der Waals surface area (Å²) in [6.45, 7) is 3.29. The van der Waals surface area contributed by atoms with Gasteiger partial charge in [-0.1, -0.05) is 12.1 Å². The molecule has 5 heteroatoms. The molecule has 0 spiro atoms. The maximum Gasteiger partial charge on any atom is 0.317 e. The van der Waals surface area contributed by atoms with Gasteiger partial charge in [-0.15, -0.1) is 0 Å². The van der Waals surface area contributed by atoms with Crippen LogP contribution in [-0.4, -0.2) is 49.3 Å². The standard InChI is InChI=1S/C17H23N3O2/c21-17(20-11-14-2-3-15(20)10-19-14)18-7-5-12-1-4-16-13(9-12)6-8-22-16/h1,4,9,14-15,19H,2-3,5-8,10-11H2,(H,18,21). The van der Waals surface area contributed by atoms with E-state index in [9.17, 15) is 4.79 Å². The Labute approximate surface area is 131 Å². The lowest BCUT2D eigenvalue weighted by Crippen LogP contribution is -2.64. The number of piperidine rings is 2. The number of carbonyl (C=O) groups excluding carboxylic acids is 1. The molecule has 118 valence electrons. The number of piperazine rings is 1. The van der Waals surface area contributed by atoms with Gasteiger partial charge in [0.25, 0.3) is 0 Å². The number of carbonyl (C=O) groups is 1. The van der Waals surface area contributed by atoms with Gasteiger partial charge in [-0.05, 0) is 36.5 Å². The topological polar surface area (TPSA) is 53.6 Å². The van der Waals surface area contributed by atoms with Crippen LogP contribution in [-0.2, 0) is 12.8 Å². The smallest absolute Gasteiger partial charge is 0.317 e. The second-order valence-electron chi connectivity index (χ2n) is 6.51. The first-order chi connectivity index (χ1) is 10.8. The Bertz CT molecular complexity index is 567. The number of benzene rings is 1. The number of urea groups is 1. The number of rotatable bonds is 3. The molecule has 22 heavy (non-hydrogen) atoms. The van der Waals surface area contributed by atoms with Crippen molar-refractivity contribution in [1.82, 2.24) is 15.5 Å². The molecule has 4 heterocycles. The molecular weight excluding hydrogens is 278 g/mol. The summed E-state index contributed by atoms with van der Waals surface area (Å²) < 4.78 is 5.52. The quantitative estimate of drug-likeness (QED) is 0.885. The van der Waals surface area contributed by atoms with Gasteiger partial charge in [0, 0.05) is 38.1 Å². The first-order valence-corrected chi connectivity index (χ1v) is 8.32. The van der Waals surface area contributed by atoms with Crippen molar-refractivity contribution in [3.8, 4) is 5.75 Å². The fraction of sp³-hybridized carbons (Fsp3) is 0.588. The molecule has 2 amide bonds. The number of amides is 2. The minimum absolute atomic E-state index is 0.0979. The van der Waals surface area contributed by atoms with E-state index in [0.717, 1.165) is 44.7 Å². The normalized spacial score (nSPS) is 25.7. The zero-order valence-corrected chi connectivity index (χ0v) is 12.8. The Hall–Kier alpha value is -1.75. The molecule has 5 nitrogen and oxygen atoms in total. The zero-order chi connectivity index (χ0) is 14.9. The predicted molar refractivity (Wildman–Crippen MR) is 84.3 cm³/mol. The molecule has 2 unspecified atom stereocenters. The Morgan fingerprint density at radius 2 is 2.36 bits per heavy atom. The predicted octanol–water partition coefficient (Wildman–Crippen LogP) is 1.31. The third kappa shape index (κ3) is 2.65. The molecule has 3 saturated heterocycles. The molecule has 0 radical (unpaired) electrons. The molecule has 4 aliphatic rings. The summed E-state index contributed by atoms with van der Waals surface area (Å²) in [5.74, 6) is 1.02. The Morgan fingerprint density at radius 1 is 1.41 bits per heavy atom. The lowest BCUT2D eigenvalue weighted by atomic mass is 9.93. The highest BCUT2D eigenvalue weighted by Gasteiger charge is 2.35. The van der Waals surface area contributed by atoms with Crippen LogP contribution in [0.2, 0.25) is 0 Å². The van der Waals surface area contributed by atoms with E-state index in [1.54, 1.807) is 0 Å². The van der Waals surface area contributed by atoms with Crippen LogP contribution >= 0.6 is 0 Å². The highest BCUT2D eigenvalue weighted by Crippen LogP contribution is 2.26. The molecule has 2 bridgehead atoms. The fourth-order valence-electron chi connectivity index (χ4n) is 3.77. The molecule has 4 aliphatic heterocycles. The highest BCUT2D eigenvalue weighted by atomic mass is 16.5. The SMILES string of the molecule is O=C(NCCc1ccc2c(c1)CCO2)N1CC2CCC1CN2. The molecule has 2 atom stereocenters. The first kappa shape index (κ1) is 13.9. The van der Waals surface area contributed by atoms with Crippen LogP contribution in [0, 0.1) is 0 Å². The average molecular weight is 301 g/mol. The lowest BCUT2D eigenvalue weighted by Gasteiger charge is -2.45. The Morgan fingerprint density at radius 3 is 3.14 bits per heavy atom. The first-order valence-electron chi connectivity index (χ1n) is 8.32. The molecule has 0 aliphatic carbocycles. The molecular formula is C17H23N3O2. The van der Waals surface area contributed by atoms with Gasteiger partial charge in [-0.3, -0.25) is 0 Å². The maximum absolute atomic E-state index is 12.3. The molecule has 0 aromatic heterocycles. The van der Waals surface area contributed by atoms with E-state index in [4.69, 9.17) is 4.74 Å². The van der Waals surface area contributed by atoms with Crippen molar-refractivity contribution in [2.24, 2.45) is 0 Å². The van der Waals surface area contributed by atoms with Gasteiger partial charge in [0.15, 0.2) is 0 Å². The zero-order valence-electron chi connectivity index (χ0n) is 12.8. The Kier molecular flexibility index (Phi) is 3.66. The average Bonchev–Trinajstić information content (AvgIpc) is 3.03. The summed E-state index contributed by atoms with van der Waals surface area (Å²) in [5.41, 5.74) is 2.56. The van der Waals surface area contributed by atoms with Crippen LogP contribution in [0.1, 0.15) is 24.0 Å². The Balaban J connectivity index is 1.29. The van der Waals surface area contributed by atoms with Crippen LogP contribution in [0.15, 0.2) is 18.2 Å². The van der Waals surface area contributed by atoms with E-state index in [-0.39, 0.29) is 6.03 Å². The molecule has 3 fully saturated rings. The van der Waals surface area contributed by atoms with Crippen LogP contribution < -0.4 is 15.4 Å². The molecule has 0 saturated carbocycles. The monoisotopic (exact) mass is 301 g/mol. The van der Waals surface area contributed by atoms with E-state index >= 15 is 0 Å². The van der Waals surface area contributed by atoms with Crippen molar-refractivity contribution in [1.29, 1.82) is 0 Å². The second kappa shape index (κ2) is 5.80. The lowest BCUT2D eigenvalue weighted by molar-refractivity contribution is 0.0980. The number of hydrogen-bond acceptors (Lipinski definition) is 3. The van der Waals surface area contributed by atoms with Gasteiger partial charge in [0.05, 0.1) is 6.61 Å². The summed E-state index contributed by atoms with van der Waals surface area (Å²) in [4.78, 5) is 14.3. The highest BCUT2D eigenvalue weighted by molar-refractivity contribution is 5.75. The summed E-state index contributed by atoms with van der Waals surface area (Å²) >= 11 is 0. The van der Waals surface area contributed by atoms with Gasteiger partial charge in [0.2, 0.25) is 0 Å². The summed E-state index contributed by atoms with van der Waals surface area (Å²) in [5, 5.41) is 6.56. The minimum Gasteiger partial charge on any atom is -0.493 e. The summed E-state index contributed by atoms with van der Waals surface area (Å²) in [6, 6.07) is 7.33. The van der Waals surface area contributed by atoms with Gasteiger partial charge in [-0.25, -0.2) is 4.79 Å². The van der Waals surface area contributed by atoms with Crippen molar-refractivity contribution < 1.29 is 9.53 Å². The van der Waals surface area contributed by atoms with Crippen molar-refractivity contribution in [2.45, 2.75) is 37.8 Å². The molecule has 1 aromatic rings. The molecule has 5 rings (SSSR count). The number of ether oxygens (including phenoxy) is 1. The summed E-state index contributed by atoms with van der Waals surface area (Å²) in [7, 11) is 0. The van der Waals surface area contributed by atoms with E-state index in [0.29, 0.717) is 18.6 Å². The van der Waals surface area contributed by atoms with Crippen molar-refractivity contribution in [3.05, 3.63) is 29.3 Å². The number of nitrogens with one attached hydrogen (secondary N) is 2. The second-order valence-corrected chi connectivity index (χ2v) is 6.51. The van der Waals surface area contributed by atoms with Crippen LogP contribution in [0.5, 0.6) is 5.75 Å². The molecule has 1 aromatic carbocycles. The third-order valence-electron chi connectivity index (χ3n) is 5.05. The minimum atomic E-state index is 0.0979. The van der Waals surface area contributed by atoms with Crippen LogP contribution in [0.25, 0.3) is 0 Å². The van der Waals surface area contributed by atoms with E-state index in [2.05, 4.69) is 28.8 Å². The van der Waals surface area contributed by atoms with Crippen molar-refractivity contribution in [3.63, 3.8) is 0 Å². The van der Waals surface area contributed by atoms with Crippen LogP contribution in [0.4, 0.5) is 4.79 Å². The fourth-order valence-corrected chi connectivity index (χ4v) is 3.77. The van der Waals surface area contributed by atoms with Gasteiger partial charge >= 0.3 is 6.03 Å².